The number of hydrogen-bond donors (Lipinski definition) is 1. The second-order valence-electron chi connectivity index (χ2n) is 3.64. The lowest BCUT2D eigenvalue weighted by molar-refractivity contribution is 0.150. The van der Waals surface area contributed by atoms with Crippen molar-refractivity contribution in [3.05, 3.63) is 34.7 Å². The van der Waals surface area contributed by atoms with E-state index in [2.05, 4.69) is 29.4 Å². The van der Waals surface area contributed by atoms with Crippen LogP contribution in [0.5, 0.6) is 0 Å². The quantitative estimate of drug-likeness (QED) is 0.851. The van der Waals surface area contributed by atoms with Crippen LogP contribution in [0.2, 0.25) is 0 Å². The minimum absolute atomic E-state index is 0.487. The van der Waals surface area contributed by atoms with E-state index in [1.807, 2.05) is 12.1 Å². The molecule has 1 heterocycles. The molecule has 2 nitrogen and oxygen atoms in total. The highest BCUT2D eigenvalue weighted by molar-refractivity contribution is 9.11. The van der Waals surface area contributed by atoms with Gasteiger partial charge in [-0.3, -0.25) is 0 Å². The molecule has 0 aliphatic carbocycles. The van der Waals surface area contributed by atoms with Crippen LogP contribution >= 0.6 is 15.9 Å². The number of aryl methyl sites for hydroxylation is 1. The van der Waals surface area contributed by atoms with Crippen molar-refractivity contribution in [3.63, 3.8) is 0 Å². The molecule has 15 heavy (non-hydrogen) atoms. The first kappa shape index (κ1) is 12.5. The third-order valence-electron chi connectivity index (χ3n) is 2.20. The lowest BCUT2D eigenvalue weighted by Gasteiger charge is -2.05. The summed E-state index contributed by atoms with van der Waals surface area (Å²) >= 11 is 3.22. The average Bonchev–Trinajstić information content (AvgIpc) is 2.62. The van der Waals surface area contributed by atoms with Gasteiger partial charge in [0.2, 0.25) is 0 Å². The zero-order chi connectivity index (χ0) is 11.3. The van der Waals surface area contributed by atoms with Gasteiger partial charge in [-0.15, -0.1) is 0 Å². The number of aliphatic hydroxyl groups excluding tert-OH is 1. The van der Waals surface area contributed by atoms with Gasteiger partial charge in [0.15, 0.2) is 0 Å². The lowest BCUT2D eigenvalue weighted by atomic mass is 10.2. The molecule has 0 amide bonds. The van der Waals surface area contributed by atoms with Gasteiger partial charge < -0.3 is 9.52 Å². The Labute approximate surface area is 99.1 Å². The molecule has 1 aromatic heterocycles. The van der Waals surface area contributed by atoms with Crippen molar-refractivity contribution < 1.29 is 9.52 Å². The van der Waals surface area contributed by atoms with Crippen LogP contribution in [0.1, 0.15) is 43.8 Å². The topological polar surface area (TPSA) is 33.4 Å². The van der Waals surface area contributed by atoms with Gasteiger partial charge in [-0.1, -0.05) is 35.9 Å². The maximum atomic E-state index is 9.75. The summed E-state index contributed by atoms with van der Waals surface area (Å²) in [6, 6.07) is 3.77. The van der Waals surface area contributed by atoms with E-state index in [1.165, 1.54) is 0 Å². The maximum absolute atomic E-state index is 9.75. The van der Waals surface area contributed by atoms with E-state index in [4.69, 9.17) is 4.42 Å². The van der Waals surface area contributed by atoms with E-state index in [0.29, 0.717) is 12.2 Å². The molecule has 1 N–H and O–H groups in total. The molecule has 3 heteroatoms. The Morgan fingerprint density at radius 3 is 2.93 bits per heavy atom. The Kier molecular flexibility index (Phi) is 5.12. The highest BCUT2D eigenvalue weighted by Gasteiger charge is 2.12. The number of unbranched alkanes of at least 4 members (excludes halogenated alkanes) is 1. The number of aliphatic hydroxyl groups is 1. The van der Waals surface area contributed by atoms with Crippen molar-refractivity contribution >= 4 is 15.9 Å². The predicted molar refractivity (Wildman–Crippen MR) is 65.0 cm³/mol. The number of hydrogen-bond acceptors (Lipinski definition) is 2. The van der Waals surface area contributed by atoms with Crippen LogP contribution in [0.3, 0.4) is 0 Å². The first-order chi connectivity index (χ1) is 7.13. The molecule has 0 saturated heterocycles. The Morgan fingerprint density at radius 1 is 1.60 bits per heavy atom. The smallest absolute Gasteiger partial charge is 0.133 e. The zero-order valence-electron chi connectivity index (χ0n) is 9.00. The first-order valence-corrected chi connectivity index (χ1v) is 6.02. The van der Waals surface area contributed by atoms with E-state index in [1.54, 1.807) is 0 Å². The van der Waals surface area contributed by atoms with Crippen LogP contribution < -0.4 is 0 Å². The van der Waals surface area contributed by atoms with Crippen molar-refractivity contribution in [1.82, 2.24) is 0 Å². The molecular weight excluding hydrogens is 256 g/mol. The van der Waals surface area contributed by atoms with Gasteiger partial charge >= 0.3 is 0 Å². The zero-order valence-corrected chi connectivity index (χ0v) is 10.6. The predicted octanol–water partition coefficient (Wildman–Crippen LogP) is 3.95. The summed E-state index contributed by atoms with van der Waals surface area (Å²) in [7, 11) is 0. The van der Waals surface area contributed by atoms with Crippen molar-refractivity contribution in [1.29, 1.82) is 0 Å². The number of furan rings is 1. The third-order valence-corrected chi connectivity index (χ3v) is 2.53. The van der Waals surface area contributed by atoms with Gasteiger partial charge in [-0.05, 0) is 23.0 Å². The Bertz CT molecular complexity index is 317. The van der Waals surface area contributed by atoms with E-state index in [0.717, 1.165) is 29.5 Å². The van der Waals surface area contributed by atoms with Crippen LogP contribution in [0.4, 0.5) is 0 Å². The molecule has 0 fully saturated rings. The van der Waals surface area contributed by atoms with Gasteiger partial charge in [-0.2, -0.15) is 0 Å². The summed E-state index contributed by atoms with van der Waals surface area (Å²) in [6.07, 6.45) is 3.11. The summed E-state index contributed by atoms with van der Waals surface area (Å²) in [6.45, 7) is 5.84. The molecule has 84 valence electrons. The molecule has 0 aliphatic heterocycles. The summed E-state index contributed by atoms with van der Waals surface area (Å²) in [5.74, 6) is 1.58. The van der Waals surface area contributed by atoms with Crippen molar-refractivity contribution in [3.8, 4) is 0 Å². The van der Waals surface area contributed by atoms with Crippen LogP contribution in [-0.2, 0) is 6.42 Å². The SMILES string of the molecule is C=C(Br)CC(O)c1ccc(CCCC)o1. The minimum atomic E-state index is -0.591. The summed E-state index contributed by atoms with van der Waals surface area (Å²) < 4.78 is 6.32. The number of halogens is 1. The minimum Gasteiger partial charge on any atom is -0.463 e. The molecule has 1 atom stereocenters. The molecular formula is C12H17BrO2. The molecule has 1 rings (SSSR count). The summed E-state index contributed by atoms with van der Waals surface area (Å²) in [4.78, 5) is 0. The lowest BCUT2D eigenvalue weighted by Crippen LogP contribution is -1.94. The molecule has 0 saturated carbocycles. The molecule has 0 radical (unpaired) electrons. The van der Waals surface area contributed by atoms with Crippen LogP contribution in [0, 0.1) is 0 Å². The second kappa shape index (κ2) is 6.13. The standard InChI is InChI=1S/C12H17BrO2/c1-3-4-5-10-6-7-12(15-10)11(14)8-9(2)13/h6-7,11,14H,2-5,8H2,1H3. The Morgan fingerprint density at radius 2 is 2.33 bits per heavy atom. The summed E-state index contributed by atoms with van der Waals surface area (Å²) in [5.41, 5.74) is 0. The Hall–Kier alpha value is -0.540. The van der Waals surface area contributed by atoms with E-state index in [9.17, 15) is 5.11 Å². The fraction of sp³-hybridized carbons (Fsp3) is 0.500. The first-order valence-electron chi connectivity index (χ1n) is 5.23. The van der Waals surface area contributed by atoms with Crippen LogP contribution in [0.25, 0.3) is 0 Å². The van der Waals surface area contributed by atoms with E-state index in [-0.39, 0.29) is 0 Å². The van der Waals surface area contributed by atoms with Gasteiger partial charge in [0, 0.05) is 12.8 Å². The van der Waals surface area contributed by atoms with Crippen molar-refractivity contribution in [2.75, 3.05) is 0 Å². The second-order valence-corrected chi connectivity index (χ2v) is 4.77. The monoisotopic (exact) mass is 272 g/mol. The largest absolute Gasteiger partial charge is 0.463 e. The maximum Gasteiger partial charge on any atom is 0.133 e. The molecule has 0 aromatic carbocycles. The normalized spacial score (nSPS) is 12.7. The van der Waals surface area contributed by atoms with Gasteiger partial charge in [0.05, 0.1) is 0 Å². The fourth-order valence-electron chi connectivity index (χ4n) is 1.37. The average molecular weight is 273 g/mol. The van der Waals surface area contributed by atoms with Crippen LogP contribution in [-0.4, -0.2) is 5.11 Å². The Balaban J connectivity index is 2.54. The molecule has 0 spiro atoms. The number of rotatable bonds is 6. The molecule has 0 aliphatic rings. The highest BCUT2D eigenvalue weighted by atomic mass is 79.9. The molecule has 0 bridgehead atoms. The van der Waals surface area contributed by atoms with E-state index >= 15 is 0 Å². The summed E-state index contributed by atoms with van der Waals surface area (Å²) in [5, 5.41) is 9.75. The third kappa shape index (κ3) is 4.22. The van der Waals surface area contributed by atoms with Gasteiger partial charge in [-0.25, -0.2) is 0 Å². The fourth-order valence-corrected chi connectivity index (χ4v) is 1.68. The molecule has 1 aromatic rings. The van der Waals surface area contributed by atoms with Crippen molar-refractivity contribution in [2.24, 2.45) is 0 Å². The van der Waals surface area contributed by atoms with Gasteiger partial charge in [0.25, 0.3) is 0 Å². The van der Waals surface area contributed by atoms with Crippen LogP contribution in [0.15, 0.2) is 27.6 Å². The van der Waals surface area contributed by atoms with E-state index < -0.39 is 6.10 Å². The molecule has 1 unspecified atom stereocenters. The van der Waals surface area contributed by atoms with Crippen molar-refractivity contribution in [2.45, 2.75) is 38.7 Å². The highest BCUT2D eigenvalue weighted by Crippen LogP contribution is 2.25. The van der Waals surface area contributed by atoms with Gasteiger partial charge in [0.1, 0.15) is 17.6 Å².